The van der Waals surface area contributed by atoms with Crippen LogP contribution in [0.4, 0.5) is 17.1 Å². The molecule has 0 aliphatic heterocycles. The maximum Gasteiger partial charge on any atom is 0.0619 e. The predicted molar refractivity (Wildman–Crippen MR) is 240 cm³/mol. The first-order valence-corrected chi connectivity index (χ1v) is 19.3. The number of benzene rings is 7. The zero-order chi connectivity index (χ0) is 37.8. The standard InChI is InChI=1S/C54H42N2/c1-3-18-39(4-2)41-28-32-45(33-29-41)56(46-34-30-42(31-35-46)40-19-8-5-9-20-40)50-37-36-49(47-25-14-15-26-48(47)50)54-53(44-23-12-7-13-24-44)52(43-21-10-6-11-22-43)51-27-16-17-38-55(51)54/h3-38H,1-2H3/b18-3-,39-4+. The number of rotatable bonds is 9. The van der Waals surface area contributed by atoms with E-state index < -0.39 is 0 Å². The van der Waals surface area contributed by atoms with Crippen molar-refractivity contribution in [3.8, 4) is 44.6 Å². The Bertz CT molecular complexity index is 2830. The van der Waals surface area contributed by atoms with E-state index in [1.54, 1.807) is 0 Å². The first-order valence-electron chi connectivity index (χ1n) is 19.3. The molecule has 0 radical (unpaired) electrons. The third kappa shape index (κ3) is 6.32. The predicted octanol–water partition coefficient (Wildman–Crippen LogP) is 15.2. The summed E-state index contributed by atoms with van der Waals surface area (Å²) in [6.07, 6.45) is 8.64. The lowest BCUT2D eigenvalue weighted by Crippen LogP contribution is -2.11. The monoisotopic (exact) mass is 718 g/mol. The second kappa shape index (κ2) is 15.3. The quantitative estimate of drug-likeness (QED) is 0.135. The first-order chi connectivity index (χ1) is 27.7. The molecule has 2 aromatic heterocycles. The van der Waals surface area contributed by atoms with Crippen LogP contribution in [-0.4, -0.2) is 4.40 Å². The zero-order valence-corrected chi connectivity index (χ0v) is 31.7. The maximum absolute atomic E-state index is 2.40. The van der Waals surface area contributed by atoms with Gasteiger partial charge in [-0.3, -0.25) is 0 Å². The lowest BCUT2D eigenvalue weighted by Gasteiger charge is -2.28. The SMILES string of the molecule is C/C=C\C(=C/C)c1ccc(N(c2ccc(-c3ccccc3)cc2)c2ccc(-c3c(-c4ccccc4)c(-c4ccccc4)c4ccccn34)c3ccccc23)cc1. The van der Waals surface area contributed by atoms with Crippen LogP contribution in [0, 0.1) is 0 Å². The Hall–Kier alpha value is -7.16. The van der Waals surface area contributed by atoms with E-state index in [2.05, 4.69) is 242 Å². The van der Waals surface area contributed by atoms with Gasteiger partial charge < -0.3 is 9.30 Å². The van der Waals surface area contributed by atoms with Crippen LogP contribution in [0.1, 0.15) is 19.4 Å². The minimum atomic E-state index is 1.10. The van der Waals surface area contributed by atoms with Crippen molar-refractivity contribution in [3.05, 3.63) is 224 Å². The Morgan fingerprint density at radius 2 is 1.00 bits per heavy atom. The second-order valence-electron chi connectivity index (χ2n) is 14.0. The Morgan fingerprint density at radius 1 is 0.464 bits per heavy atom. The van der Waals surface area contributed by atoms with E-state index in [1.165, 1.54) is 72.1 Å². The third-order valence-electron chi connectivity index (χ3n) is 10.7. The number of hydrogen-bond acceptors (Lipinski definition) is 1. The van der Waals surface area contributed by atoms with E-state index in [4.69, 9.17) is 0 Å². The van der Waals surface area contributed by atoms with Gasteiger partial charge in [0.25, 0.3) is 0 Å². The summed E-state index contributed by atoms with van der Waals surface area (Å²) in [5.41, 5.74) is 16.5. The van der Waals surface area contributed by atoms with E-state index in [-0.39, 0.29) is 0 Å². The number of hydrogen-bond donors (Lipinski definition) is 0. The number of fused-ring (bicyclic) bond motifs is 2. The normalized spacial score (nSPS) is 11.8. The van der Waals surface area contributed by atoms with Gasteiger partial charge >= 0.3 is 0 Å². The molecule has 0 saturated carbocycles. The topological polar surface area (TPSA) is 7.65 Å². The van der Waals surface area contributed by atoms with Crippen molar-refractivity contribution in [3.63, 3.8) is 0 Å². The second-order valence-corrected chi connectivity index (χ2v) is 14.0. The molecule has 0 amide bonds. The summed E-state index contributed by atoms with van der Waals surface area (Å²) in [5, 5.41) is 2.37. The van der Waals surface area contributed by atoms with Gasteiger partial charge in [0.05, 0.1) is 16.9 Å². The van der Waals surface area contributed by atoms with Crippen LogP contribution in [0.2, 0.25) is 0 Å². The van der Waals surface area contributed by atoms with Crippen LogP contribution in [-0.2, 0) is 0 Å². The molecule has 0 unspecified atom stereocenters. The molecular formula is C54H42N2. The lowest BCUT2D eigenvalue weighted by atomic mass is 9.91. The number of allylic oxidation sites excluding steroid dienone is 4. The van der Waals surface area contributed by atoms with Crippen LogP contribution in [0.25, 0.3) is 66.5 Å². The highest BCUT2D eigenvalue weighted by Crippen LogP contribution is 2.48. The van der Waals surface area contributed by atoms with Gasteiger partial charge in [0.2, 0.25) is 0 Å². The first kappa shape index (κ1) is 34.6. The van der Waals surface area contributed by atoms with Gasteiger partial charge in [-0.1, -0.05) is 170 Å². The summed E-state index contributed by atoms with van der Waals surface area (Å²) in [6, 6.07) is 70.2. The highest BCUT2D eigenvalue weighted by atomic mass is 15.1. The van der Waals surface area contributed by atoms with Gasteiger partial charge in [-0.2, -0.15) is 0 Å². The van der Waals surface area contributed by atoms with E-state index in [0.29, 0.717) is 0 Å². The van der Waals surface area contributed by atoms with Crippen molar-refractivity contribution in [2.75, 3.05) is 4.90 Å². The van der Waals surface area contributed by atoms with Crippen molar-refractivity contribution < 1.29 is 0 Å². The third-order valence-corrected chi connectivity index (χ3v) is 10.7. The van der Waals surface area contributed by atoms with Crippen molar-refractivity contribution in [1.29, 1.82) is 0 Å². The Labute approximate surface area is 329 Å². The minimum Gasteiger partial charge on any atom is -0.315 e. The molecule has 0 atom stereocenters. The Balaban J connectivity index is 1.28. The maximum atomic E-state index is 2.40. The molecule has 7 aromatic carbocycles. The highest BCUT2D eigenvalue weighted by Gasteiger charge is 2.25. The van der Waals surface area contributed by atoms with Crippen LogP contribution >= 0.6 is 0 Å². The molecule has 2 heterocycles. The molecule has 0 fully saturated rings. The van der Waals surface area contributed by atoms with Crippen molar-refractivity contribution in [2.45, 2.75) is 13.8 Å². The molecule has 0 aliphatic rings. The molecule has 0 aliphatic carbocycles. The number of anilines is 3. The number of pyridine rings is 1. The van der Waals surface area contributed by atoms with E-state index in [1.807, 2.05) is 0 Å². The summed E-state index contributed by atoms with van der Waals surface area (Å²) < 4.78 is 2.38. The largest absolute Gasteiger partial charge is 0.315 e. The molecule has 0 saturated heterocycles. The summed E-state index contributed by atoms with van der Waals surface area (Å²) in [5.74, 6) is 0. The van der Waals surface area contributed by atoms with E-state index in [0.717, 1.165) is 17.1 Å². The van der Waals surface area contributed by atoms with Crippen LogP contribution < -0.4 is 4.90 Å². The van der Waals surface area contributed by atoms with Gasteiger partial charge in [-0.25, -0.2) is 0 Å². The Morgan fingerprint density at radius 3 is 1.62 bits per heavy atom. The fraction of sp³-hybridized carbons (Fsp3) is 0.0370. The molecule has 56 heavy (non-hydrogen) atoms. The molecule has 9 aromatic rings. The molecule has 0 bridgehead atoms. The zero-order valence-electron chi connectivity index (χ0n) is 31.7. The molecule has 2 heteroatoms. The van der Waals surface area contributed by atoms with Crippen LogP contribution in [0.15, 0.2) is 219 Å². The number of nitrogens with zero attached hydrogens (tertiary/aromatic N) is 2. The van der Waals surface area contributed by atoms with Crippen molar-refractivity contribution in [2.24, 2.45) is 0 Å². The van der Waals surface area contributed by atoms with Crippen LogP contribution in [0.5, 0.6) is 0 Å². The summed E-state index contributed by atoms with van der Waals surface area (Å²) in [7, 11) is 0. The van der Waals surface area contributed by atoms with Gasteiger partial charge in [-0.05, 0) is 95.1 Å². The van der Waals surface area contributed by atoms with Gasteiger partial charge in [0.15, 0.2) is 0 Å². The lowest BCUT2D eigenvalue weighted by molar-refractivity contribution is 1.21. The molecule has 2 nitrogen and oxygen atoms in total. The van der Waals surface area contributed by atoms with Crippen molar-refractivity contribution >= 4 is 38.9 Å². The number of aromatic nitrogens is 1. The molecule has 0 N–H and O–H groups in total. The molecule has 0 spiro atoms. The van der Waals surface area contributed by atoms with Crippen LogP contribution in [0.3, 0.4) is 0 Å². The average molecular weight is 719 g/mol. The molecular weight excluding hydrogens is 677 g/mol. The molecule has 9 rings (SSSR count). The van der Waals surface area contributed by atoms with E-state index >= 15 is 0 Å². The highest BCUT2D eigenvalue weighted by molar-refractivity contribution is 6.11. The molecule has 268 valence electrons. The van der Waals surface area contributed by atoms with Crippen molar-refractivity contribution in [1.82, 2.24) is 4.40 Å². The summed E-state index contributed by atoms with van der Waals surface area (Å²) >= 11 is 0. The van der Waals surface area contributed by atoms with E-state index in [9.17, 15) is 0 Å². The fourth-order valence-electron chi connectivity index (χ4n) is 8.14. The van der Waals surface area contributed by atoms with Gasteiger partial charge in [0, 0.05) is 39.6 Å². The summed E-state index contributed by atoms with van der Waals surface area (Å²) in [4.78, 5) is 2.40. The Kier molecular flexibility index (Phi) is 9.45. The van der Waals surface area contributed by atoms with Gasteiger partial charge in [-0.15, -0.1) is 0 Å². The fourth-order valence-corrected chi connectivity index (χ4v) is 8.14. The van der Waals surface area contributed by atoms with Gasteiger partial charge in [0.1, 0.15) is 0 Å². The smallest absolute Gasteiger partial charge is 0.0619 e. The minimum absolute atomic E-state index is 1.10. The average Bonchev–Trinajstić information content (AvgIpc) is 3.62. The summed E-state index contributed by atoms with van der Waals surface area (Å²) in [6.45, 7) is 4.16.